The summed E-state index contributed by atoms with van der Waals surface area (Å²) < 4.78 is 29.2. The van der Waals surface area contributed by atoms with Crippen LogP contribution in [0.3, 0.4) is 0 Å². The second-order valence-corrected chi connectivity index (χ2v) is 10.5. The number of hydrogen-bond acceptors (Lipinski definition) is 7. The van der Waals surface area contributed by atoms with Gasteiger partial charge in [-0.3, -0.25) is 4.79 Å². The highest BCUT2D eigenvalue weighted by molar-refractivity contribution is 7.91. The van der Waals surface area contributed by atoms with Crippen LogP contribution < -0.4 is 0 Å². The average Bonchev–Trinajstić information content (AvgIpc) is 3.40. The summed E-state index contributed by atoms with van der Waals surface area (Å²) >= 11 is 3.12. The molecule has 1 atom stereocenters. The lowest BCUT2D eigenvalue weighted by Crippen LogP contribution is -2.41. The van der Waals surface area contributed by atoms with Gasteiger partial charge in [-0.25, -0.2) is 13.4 Å². The molecule has 6 nitrogen and oxygen atoms in total. The second kappa shape index (κ2) is 7.57. The number of hydrogen-bond donors (Lipinski definition) is 0. The molecule has 0 spiro atoms. The number of aromatic nitrogens is 1. The van der Waals surface area contributed by atoms with Gasteiger partial charge in [0.05, 0.1) is 41.3 Å². The van der Waals surface area contributed by atoms with Gasteiger partial charge < -0.3 is 9.32 Å². The van der Waals surface area contributed by atoms with Gasteiger partial charge in [-0.05, 0) is 30.0 Å². The lowest BCUT2D eigenvalue weighted by molar-refractivity contribution is -0.133. The molecule has 1 fully saturated rings. The van der Waals surface area contributed by atoms with Gasteiger partial charge in [0.2, 0.25) is 5.91 Å². The van der Waals surface area contributed by atoms with E-state index in [1.165, 1.54) is 11.3 Å². The molecule has 4 heterocycles. The molecule has 3 aromatic heterocycles. The summed E-state index contributed by atoms with van der Waals surface area (Å²) in [6, 6.07) is 7.21. The van der Waals surface area contributed by atoms with Crippen LogP contribution in [0.15, 0.2) is 45.7 Å². The maximum absolute atomic E-state index is 13.0. The van der Waals surface area contributed by atoms with E-state index in [2.05, 4.69) is 4.98 Å². The molecule has 4 rings (SSSR count). The van der Waals surface area contributed by atoms with E-state index in [4.69, 9.17) is 4.42 Å². The number of sulfone groups is 1. The van der Waals surface area contributed by atoms with Gasteiger partial charge >= 0.3 is 0 Å². The van der Waals surface area contributed by atoms with Crippen molar-refractivity contribution < 1.29 is 17.6 Å². The van der Waals surface area contributed by atoms with Crippen LogP contribution in [0.5, 0.6) is 0 Å². The Morgan fingerprint density at radius 1 is 1.30 bits per heavy atom. The molecular weight excluding hydrogens is 404 g/mol. The van der Waals surface area contributed by atoms with Crippen molar-refractivity contribution in [3.8, 4) is 9.88 Å². The number of thiophene rings is 1. The van der Waals surface area contributed by atoms with Crippen LogP contribution in [0, 0.1) is 0 Å². The Kier molecular flexibility index (Phi) is 5.16. The number of carbonyl (C=O) groups is 1. The fourth-order valence-corrected chi connectivity index (χ4v) is 6.54. The third-order valence-electron chi connectivity index (χ3n) is 4.49. The molecule has 3 aromatic rings. The zero-order valence-corrected chi connectivity index (χ0v) is 16.9. The Morgan fingerprint density at radius 3 is 2.85 bits per heavy atom. The number of nitrogens with zero attached hydrogens (tertiary/aromatic N) is 2. The van der Waals surface area contributed by atoms with E-state index < -0.39 is 9.84 Å². The third-order valence-corrected chi connectivity index (χ3v) is 8.17. The molecule has 9 heteroatoms. The molecule has 0 saturated carbocycles. The van der Waals surface area contributed by atoms with Crippen molar-refractivity contribution in [1.82, 2.24) is 9.88 Å². The molecule has 0 aromatic carbocycles. The summed E-state index contributed by atoms with van der Waals surface area (Å²) in [6.07, 6.45) is 2.17. The largest absolute Gasteiger partial charge is 0.467 e. The van der Waals surface area contributed by atoms with Crippen LogP contribution in [0.4, 0.5) is 0 Å². The fourth-order valence-electron chi connectivity index (χ4n) is 3.17. The smallest absolute Gasteiger partial charge is 0.229 e. The highest BCUT2D eigenvalue weighted by Crippen LogP contribution is 2.28. The zero-order chi connectivity index (χ0) is 18.9. The van der Waals surface area contributed by atoms with E-state index >= 15 is 0 Å². The summed E-state index contributed by atoms with van der Waals surface area (Å²) in [7, 11) is -3.09. The number of carbonyl (C=O) groups excluding carboxylic acids is 1. The normalized spacial score (nSPS) is 18.6. The van der Waals surface area contributed by atoms with E-state index in [-0.39, 0.29) is 36.4 Å². The predicted octanol–water partition coefficient (Wildman–Crippen LogP) is 3.22. The summed E-state index contributed by atoms with van der Waals surface area (Å²) in [5.74, 6) is 0.650. The molecule has 27 heavy (non-hydrogen) atoms. The highest BCUT2D eigenvalue weighted by atomic mass is 32.2. The van der Waals surface area contributed by atoms with Crippen LogP contribution in [0.1, 0.15) is 17.9 Å². The maximum Gasteiger partial charge on any atom is 0.229 e. The van der Waals surface area contributed by atoms with Crippen molar-refractivity contribution in [2.45, 2.75) is 25.4 Å². The van der Waals surface area contributed by atoms with Gasteiger partial charge in [-0.15, -0.1) is 22.7 Å². The summed E-state index contributed by atoms with van der Waals surface area (Å²) in [4.78, 5) is 20.3. The van der Waals surface area contributed by atoms with Crippen LogP contribution in [-0.2, 0) is 27.6 Å². The summed E-state index contributed by atoms with van der Waals surface area (Å²) in [6.45, 7) is 0.272. The zero-order valence-electron chi connectivity index (χ0n) is 14.4. The van der Waals surface area contributed by atoms with Crippen LogP contribution in [0.2, 0.25) is 0 Å². The fraction of sp³-hybridized carbons (Fsp3) is 0.333. The van der Waals surface area contributed by atoms with Crippen LogP contribution >= 0.6 is 22.7 Å². The minimum atomic E-state index is -3.09. The molecule has 0 bridgehead atoms. The van der Waals surface area contributed by atoms with E-state index in [0.717, 1.165) is 9.88 Å². The minimum absolute atomic E-state index is 0.0109. The highest BCUT2D eigenvalue weighted by Gasteiger charge is 2.35. The van der Waals surface area contributed by atoms with Crippen molar-refractivity contribution in [3.63, 3.8) is 0 Å². The molecule has 0 N–H and O–H groups in total. The van der Waals surface area contributed by atoms with Crippen molar-refractivity contribution >= 4 is 38.4 Å². The molecule has 1 saturated heterocycles. The first-order valence-corrected chi connectivity index (χ1v) is 12.1. The van der Waals surface area contributed by atoms with Crippen LogP contribution in [0.25, 0.3) is 9.88 Å². The van der Waals surface area contributed by atoms with Crippen molar-refractivity contribution in [1.29, 1.82) is 0 Å². The van der Waals surface area contributed by atoms with Gasteiger partial charge in [0.25, 0.3) is 0 Å². The van der Waals surface area contributed by atoms with E-state index in [1.807, 2.05) is 22.9 Å². The molecule has 1 amide bonds. The van der Waals surface area contributed by atoms with Gasteiger partial charge in [-0.2, -0.15) is 0 Å². The molecule has 142 valence electrons. The minimum Gasteiger partial charge on any atom is -0.467 e. The van der Waals surface area contributed by atoms with Crippen molar-refractivity contribution in [3.05, 3.63) is 52.7 Å². The molecular formula is C18H18N2O4S3. The van der Waals surface area contributed by atoms with E-state index in [9.17, 15) is 13.2 Å². The maximum atomic E-state index is 13.0. The first kappa shape index (κ1) is 18.4. The van der Waals surface area contributed by atoms with Gasteiger partial charge in [-0.1, -0.05) is 6.07 Å². The standard InChI is InChI=1S/C18H18N2O4S3/c21-17(9-13-11-26-18(19-13)16-4-2-7-25-16)20(10-15-3-1-6-24-15)14-5-8-27(22,23)12-14/h1-4,6-7,11,14H,5,8-10,12H2/t14-/m0/s1. The summed E-state index contributed by atoms with van der Waals surface area (Å²) in [5, 5.41) is 4.78. The quantitative estimate of drug-likeness (QED) is 0.609. The van der Waals surface area contributed by atoms with Crippen LogP contribution in [-0.4, -0.2) is 41.8 Å². The monoisotopic (exact) mass is 422 g/mol. The first-order chi connectivity index (χ1) is 13.0. The second-order valence-electron chi connectivity index (χ2n) is 6.46. The number of amides is 1. The average molecular weight is 423 g/mol. The Hall–Kier alpha value is -1.97. The topological polar surface area (TPSA) is 80.5 Å². The number of furan rings is 1. The van der Waals surface area contributed by atoms with Gasteiger partial charge in [0.1, 0.15) is 10.8 Å². The SMILES string of the molecule is O=C(Cc1csc(-c2cccs2)n1)N(Cc1ccco1)[C@H]1CCS(=O)(=O)C1. The molecule has 1 aliphatic rings. The predicted molar refractivity (Wildman–Crippen MR) is 105 cm³/mol. The van der Waals surface area contributed by atoms with E-state index in [0.29, 0.717) is 17.9 Å². The summed E-state index contributed by atoms with van der Waals surface area (Å²) in [5.41, 5.74) is 0.707. The first-order valence-electron chi connectivity index (χ1n) is 8.51. The van der Waals surface area contributed by atoms with Crippen molar-refractivity contribution in [2.24, 2.45) is 0 Å². The van der Waals surface area contributed by atoms with Gasteiger partial charge in [0, 0.05) is 11.4 Å². The molecule has 0 radical (unpaired) electrons. The van der Waals surface area contributed by atoms with Crippen molar-refractivity contribution in [2.75, 3.05) is 11.5 Å². The lowest BCUT2D eigenvalue weighted by atomic mass is 10.2. The van der Waals surface area contributed by atoms with E-state index in [1.54, 1.807) is 34.6 Å². The third kappa shape index (κ3) is 4.31. The molecule has 0 aliphatic carbocycles. The molecule has 1 aliphatic heterocycles. The number of rotatable bonds is 6. The Labute approximate surface area is 165 Å². The Morgan fingerprint density at radius 2 is 2.19 bits per heavy atom. The Bertz CT molecular complexity index is 1010. The number of thiazole rings is 1. The lowest BCUT2D eigenvalue weighted by Gasteiger charge is -2.27. The van der Waals surface area contributed by atoms with Gasteiger partial charge in [0.15, 0.2) is 9.84 Å². The molecule has 0 unspecified atom stereocenters. The Balaban J connectivity index is 1.51.